The Hall–Kier alpha value is -8.20. The van der Waals surface area contributed by atoms with E-state index in [1.54, 1.807) is 0 Å². The van der Waals surface area contributed by atoms with Crippen LogP contribution in [-0.2, 0) is 0 Å². The van der Waals surface area contributed by atoms with Crippen LogP contribution in [0.2, 0.25) is 0 Å². The van der Waals surface area contributed by atoms with Crippen molar-refractivity contribution in [1.82, 2.24) is 4.57 Å². The Morgan fingerprint density at radius 2 is 0.661 bits per heavy atom. The van der Waals surface area contributed by atoms with Gasteiger partial charge >= 0.3 is 0 Å². The maximum absolute atomic E-state index is 2.40. The lowest BCUT2D eigenvalue weighted by atomic mass is 9.93. The highest BCUT2D eigenvalue weighted by atomic mass is 15.1. The summed E-state index contributed by atoms with van der Waals surface area (Å²) >= 11 is 0. The molecule has 1 heterocycles. The van der Waals surface area contributed by atoms with E-state index >= 15 is 0 Å². The number of anilines is 3. The molecular formula is C60H42N2. The lowest BCUT2D eigenvalue weighted by Crippen LogP contribution is -2.09. The van der Waals surface area contributed by atoms with Crippen LogP contribution in [0.15, 0.2) is 255 Å². The van der Waals surface area contributed by atoms with Gasteiger partial charge in [0.2, 0.25) is 0 Å². The molecule has 0 aliphatic rings. The van der Waals surface area contributed by atoms with Crippen molar-refractivity contribution in [2.24, 2.45) is 0 Å². The summed E-state index contributed by atoms with van der Waals surface area (Å²) in [5.41, 5.74) is 18.9. The Labute approximate surface area is 362 Å². The highest BCUT2D eigenvalue weighted by Gasteiger charge is 2.17. The van der Waals surface area contributed by atoms with Gasteiger partial charge in [0, 0.05) is 33.5 Å². The molecule has 0 saturated carbocycles. The predicted octanol–water partition coefficient (Wildman–Crippen LogP) is 16.6. The third kappa shape index (κ3) is 6.94. The average Bonchev–Trinajstić information content (AvgIpc) is 3.69. The number of fused-ring (bicyclic) bond motifs is 3. The number of hydrogen-bond acceptors (Lipinski definition) is 1. The molecule has 292 valence electrons. The van der Waals surface area contributed by atoms with Gasteiger partial charge in [-0.1, -0.05) is 188 Å². The Bertz CT molecular complexity index is 3290. The minimum absolute atomic E-state index is 1.10. The molecule has 2 nitrogen and oxygen atoms in total. The van der Waals surface area contributed by atoms with Crippen LogP contribution in [0, 0.1) is 0 Å². The van der Waals surface area contributed by atoms with E-state index in [1.165, 1.54) is 77.4 Å². The summed E-state index contributed by atoms with van der Waals surface area (Å²) in [5.74, 6) is 0. The second-order valence-electron chi connectivity index (χ2n) is 15.8. The molecule has 10 aromatic carbocycles. The Balaban J connectivity index is 0.924. The fraction of sp³-hybridized carbons (Fsp3) is 0. The van der Waals surface area contributed by atoms with E-state index in [0.29, 0.717) is 0 Å². The second kappa shape index (κ2) is 16.1. The molecule has 0 unspecified atom stereocenters. The molecule has 11 rings (SSSR count). The van der Waals surface area contributed by atoms with Gasteiger partial charge in [-0.15, -0.1) is 0 Å². The van der Waals surface area contributed by atoms with Crippen LogP contribution in [0.5, 0.6) is 0 Å². The number of benzene rings is 10. The largest absolute Gasteiger partial charge is 0.311 e. The quantitative estimate of drug-likeness (QED) is 0.141. The van der Waals surface area contributed by atoms with Gasteiger partial charge in [0.25, 0.3) is 0 Å². The van der Waals surface area contributed by atoms with E-state index in [1.807, 2.05) is 0 Å². The molecule has 0 amide bonds. The first-order chi connectivity index (χ1) is 30.7. The highest BCUT2D eigenvalue weighted by Crippen LogP contribution is 2.41. The first-order valence-corrected chi connectivity index (χ1v) is 21.3. The van der Waals surface area contributed by atoms with Crippen LogP contribution >= 0.6 is 0 Å². The number of hydrogen-bond donors (Lipinski definition) is 0. The molecule has 1 aromatic heterocycles. The summed E-state index contributed by atoms with van der Waals surface area (Å²) in [7, 11) is 0. The summed E-state index contributed by atoms with van der Waals surface area (Å²) in [6.07, 6.45) is 0. The number of aromatic nitrogens is 1. The fourth-order valence-electron chi connectivity index (χ4n) is 8.96. The molecular weight excluding hydrogens is 749 g/mol. The molecule has 0 fully saturated rings. The Kier molecular flexibility index (Phi) is 9.57. The number of para-hydroxylation sites is 2. The lowest BCUT2D eigenvalue weighted by Gasteiger charge is -2.26. The Morgan fingerprint density at radius 1 is 0.242 bits per heavy atom. The molecule has 0 aliphatic carbocycles. The average molecular weight is 791 g/mol. The number of rotatable bonds is 9. The van der Waals surface area contributed by atoms with Crippen LogP contribution in [0.1, 0.15) is 0 Å². The standard InChI is InChI=1S/C60H42N2/c1-4-15-43(16-5-1)45-27-29-46(30-28-45)47-31-36-52(37-32-47)61(51-20-8-3-9-21-51)53-38-33-48(34-39-53)55-23-10-11-24-56(55)50-35-40-60-58(42-50)57-25-12-13-26-59(57)62(60)54-22-14-19-49(41-54)44-17-6-2-7-18-44/h1-42H. The van der Waals surface area contributed by atoms with Crippen LogP contribution in [0.4, 0.5) is 17.1 Å². The van der Waals surface area contributed by atoms with Crippen molar-refractivity contribution in [2.45, 2.75) is 0 Å². The van der Waals surface area contributed by atoms with E-state index in [0.717, 1.165) is 22.7 Å². The van der Waals surface area contributed by atoms with Crippen molar-refractivity contribution < 1.29 is 0 Å². The van der Waals surface area contributed by atoms with Gasteiger partial charge in [0.05, 0.1) is 11.0 Å². The normalized spacial score (nSPS) is 11.2. The van der Waals surface area contributed by atoms with Crippen molar-refractivity contribution in [3.8, 4) is 61.3 Å². The third-order valence-electron chi connectivity index (χ3n) is 12.0. The van der Waals surface area contributed by atoms with E-state index in [4.69, 9.17) is 0 Å². The summed E-state index contributed by atoms with van der Waals surface area (Å²) < 4.78 is 2.40. The minimum Gasteiger partial charge on any atom is -0.311 e. The van der Waals surface area contributed by atoms with E-state index in [9.17, 15) is 0 Å². The van der Waals surface area contributed by atoms with Crippen LogP contribution in [0.25, 0.3) is 83.1 Å². The van der Waals surface area contributed by atoms with Gasteiger partial charge in [-0.2, -0.15) is 0 Å². The molecule has 0 saturated heterocycles. The van der Waals surface area contributed by atoms with Gasteiger partial charge in [-0.3, -0.25) is 0 Å². The van der Waals surface area contributed by atoms with Crippen molar-refractivity contribution in [2.75, 3.05) is 4.90 Å². The number of nitrogens with zero attached hydrogens (tertiary/aromatic N) is 2. The molecule has 0 spiro atoms. The van der Waals surface area contributed by atoms with Crippen LogP contribution in [0.3, 0.4) is 0 Å². The lowest BCUT2D eigenvalue weighted by molar-refractivity contribution is 1.18. The summed E-state index contributed by atoms with van der Waals surface area (Å²) in [5, 5.41) is 2.48. The van der Waals surface area contributed by atoms with Gasteiger partial charge in [0.15, 0.2) is 0 Å². The minimum atomic E-state index is 1.10. The first kappa shape index (κ1) is 36.8. The van der Waals surface area contributed by atoms with Gasteiger partial charge < -0.3 is 9.47 Å². The molecule has 0 atom stereocenters. The monoisotopic (exact) mass is 790 g/mol. The van der Waals surface area contributed by atoms with E-state index in [-0.39, 0.29) is 0 Å². The van der Waals surface area contributed by atoms with Crippen molar-refractivity contribution in [3.63, 3.8) is 0 Å². The van der Waals surface area contributed by atoms with Gasteiger partial charge in [-0.05, 0) is 122 Å². The zero-order valence-corrected chi connectivity index (χ0v) is 34.1. The smallest absolute Gasteiger partial charge is 0.0541 e. The van der Waals surface area contributed by atoms with Gasteiger partial charge in [0.1, 0.15) is 0 Å². The second-order valence-corrected chi connectivity index (χ2v) is 15.8. The predicted molar refractivity (Wildman–Crippen MR) is 263 cm³/mol. The maximum Gasteiger partial charge on any atom is 0.0541 e. The molecule has 0 N–H and O–H groups in total. The zero-order valence-electron chi connectivity index (χ0n) is 34.1. The van der Waals surface area contributed by atoms with Gasteiger partial charge in [-0.25, -0.2) is 0 Å². The van der Waals surface area contributed by atoms with Crippen molar-refractivity contribution in [1.29, 1.82) is 0 Å². The SMILES string of the molecule is c1ccc(-c2ccc(-c3ccc(N(c4ccccc4)c4ccc(-c5ccccc5-c5ccc6c(c5)c5ccccc5n6-c5cccc(-c6ccccc6)c5)cc4)cc3)cc2)cc1. The van der Waals surface area contributed by atoms with E-state index < -0.39 is 0 Å². The molecule has 0 bridgehead atoms. The maximum atomic E-state index is 2.40. The molecule has 2 heteroatoms. The summed E-state index contributed by atoms with van der Waals surface area (Å²) in [6, 6.07) is 91.9. The molecule has 11 aromatic rings. The Morgan fingerprint density at radius 3 is 1.29 bits per heavy atom. The topological polar surface area (TPSA) is 8.17 Å². The highest BCUT2D eigenvalue weighted by molar-refractivity contribution is 6.11. The van der Waals surface area contributed by atoms with Crippen LogP contribution < -0.4 is 4.90 Å². The first-order valence-electron chi connectivity index (χ1n) is 21.3. The molecule has 0 aliphatic heterocycles. The molecule has 0 radical (unpaired) electrons. The van der Waals surface area contributed by atoms with E-state index in [2.05, 4.69) is 264 Å². The van der Waals surface area contributed by atoms with Crippen molar-refractivity contribution in [3.05, 3.63) is 255 Å². The third-order valence-corrected chi connectivity index (χ3v) is 12.0. The fourth-order valence-corrected chi connectivity index (χ4v) is 8.96. The molecule has 62 heavy (non-hydrogen) atoms. The summed E-state index contributed by atoms with van der Waals surface area (Å²) in [4.78, 5) is 2.33. The van der Waals surface area contributed by atoms with Crippen LogP contribution in [-0.4, -0.2) is 4.57 Å². The van der Waals surface area contributed by atoms with Crippen molar-refractivity contribution >= 4 is 38.9 Å². The summed E-state index contributed by atoms with van der Waals surface area (Å²) in [6.45, 7) is 0. The zero-order chi connectivity index (χ0) is 41.2.